The maximum atomic E-state index is 13.1. The predicted octanol–water partition coefficient (Wildman–Crippen LogP) is 4.43. The summed E-state index contributed by atoms with van der Waals surface area (Å²) in [5.41, 5.74) is 0.535. The summed E-state index contributed by atoms with van der Waals surface area (Å²) >= 11 is 0. The molecule has 154 valence electrons. The van der Waals surface area contributed by atoms with Gasteiger partial charge in [-0.2, -0.15) is 0 Å². The number of nitrogens with one attached hydrogen (secondary N) is 1. The van der Waals surface area contributed by atoms with Crippen molar-refractivity contribution in [2.24, 2.45) is 16.7 Å². The Morgan fingerprint density at radius 1 is 1.14 bits per heavy atom. The summed E-state index contributed by atoms with van der Waals surface area (Å²) in [5.74, 6) is 1.00. The summed E-state index contributed by atoms with van der Waals surface area (Å²) in [6.45, 7) is 6.54. The molecule has 1 heterocycles. The fourth-order valence-corrected chi connectivity index (χ4v) is 7.37. The minimum absolute atomic E-state index is 0.100. The van der Waals surface area contributed by atoms with Gasteiger partial charge in [-0.1, -0.05) is 26.0 Å². The van der Waals surface area contributed by atoms with Crippen LogP contribution in [-0.2, 0) is 4.79 Å². The molecule has 29 heavy (non-hydrogen) atoms. The van der Waals surface area contributed by atoms with Gasteiger partial charge in [0.2, 0.25) is 0 Å². The van der Waals surface area contributed by atoms with E-state index in [1.54, 1.807) is 19.1 Å². The number of benzene rings is 1. The van der Waals surface area contributed by atoms with Crippen LogP contribution in [0.2, 0.25) is 0 Å². The molecule has 2 aromatic rings. The number of fused-ring (bicyclic) bond motifs is 1. The zero-order valence-electron chi connectivity index (χ0n) is 17.4. The van der Waals surface area contributed by atoms with Crippen molar-refractivity contribution < 1.29 is 13.9 Å². The molecule has 4 aliphatic rings. The molecule has 4 aliphatic carbocycles. The Morgan fingerprint density at radius 3 is 2.52 bits per heavy atom. The number of hydrogen-bond acceptors (Lipinski definition) is 4. The molecule has 3 unspecified atom stereocenters. The van der Waals surface area contributed by atoms with E-state index < -0.39 is 11.7 Å². The van der Waals surface area contributed by atoms with Gasteiger partial charge in [-0.3, -0.25) is 4.79 Å². The SMILES string of the molecule is CC(Oc1cc(=O)oc2ccccc12)C(=O)NC12CC3C[C@@](C)(C1)C[C@](C)(C3)C2. The third-order valence-electron chi connectivity index (χ3n) is 7.30. The molecule has 0 aliphatic heterocycles. The number of ether oxygens (including phenoxy) is 1. The highest BCUT2D eigenvalue weighted by Gasteiger charge is 2.60. The van der Waals surface area contributed by atoms with E-state index in [4.69, 9.17) is 9.15 Å². The van der Waals surface area contributed by atoms with E-state index in [0.717, 1.165) is 19.3 Å². The highest BCUT2D eigenvalue weighted by molar-refractivity contribution is 5.85. The van der Waals surface area contributed by atoms with Crippen molar-refractivity contribution in [1.29, 1.82) is 0 Å². The molecular weight excluding hydrogens is 366 g/mol. The first-order valence-electron chi connectivity index (χ1n) is 10.7. The van der Waals surface area contributed by atoms with Crippen LogP contribution in [-0.4, -0.2) is 17.6 Å². The van der Waals surface area contributed by atoms with Crippen LogP contribution in [0.3, 0.4) is 0 Å². The highest BCUT2D eigenvalue weighted by Crippen LogP contribution is 2.66. The van der Waals surface area contributed by atoms with Crippen LogP contribution in [0, 0.1) is 16.7 Å². The standard InChI is InChI=1S/C24H29NO4/c1-15(28-19-8-20(26)29-18-7-5-4-6-17(18)19)21(27)25-24-11-16-9-22(2,13-24)12-23(3,10-16)14-24/h4-8,15-16H,9-14H2,1-3H3,(H,25,27)/t15?,16?,22-,23+,24?. The average molecular weight is 395 g/mol. The zero-order valence-corrected chi connectivity index (χ0v) is 17.4. The van der Waals surface area contributed by atoms with Gasteiger partial charge in [0.25, 0.3) is 5.91 Å². The Labute approximate surface area is 170 Å². The lowest BCUT2D eigenvalue weighted by atomic mass is 9.43. The van der Waals surface area contributed by atoms with E-state index in [0.29, 0.717) is 33.5 Å². The van der Waals surface area contributed by atoms with E-state index in [-0.39, 0.29) is 11.4 Å². The van der Waals surface area contributed by atoms with Crippen molar-refractivity contribution in [2.75, 3.05) is 0 Å². The Balaban J connectivity index is 1.36. The van der Waals surface area contributed by atoms with E-state index in [1.165, 1.54) is 25.3 Å². The van der Waals surface area contributed by atoms with Crippen molar-refractivity contribution in [2.45, 2.75) is 70.9 Å². The maximum absolute atomic E-state index is 13.1. The van der Waals surface area contributed by atoms with Gasteiger partial charge in [-0.15, -0.1) is 0 Å². The third kappa shape index (κ3) is 3.24. The van der Waals surface area contributed by atoms with Crippen molar-refractivity contribution >= 4 is 16.9 Å². The monoisotopic (exact) mass is 395 g/mol. The molecule has 5 nitrogen and oxygen atoms in total. The summed E-state index contributed by atoms with van der Waals surface area (Å²) in [4.78, 5) is 25.0. The second kappa shape index (κ2) is 6.10. The van der Waals surface area contributed by atoms with Crippen molar-refractivity contribution in [1.82, 2.24) is 5.32 Å². The van der Waals surface area contributed by atoms with E-state index >= 15 is 0 Å². The fraction of sp³-hybridized carbons (Fsp3) is 0.583. The Bertz CT molecular complexity index is 1020. The molecule has 0 saturated heterocycles. The molecule has 4 bridgehead atoms. The van der Waals surface area contributed by atoms with Gasteiger partial charge in [0.05, 0.1) is 11.5 Å². The minimum atomic E-state index is -0.686. The Morgan fingerprint density at radius 2 is 1.83 bits per heavy atom. The van der Waals surface area contributed by atoms with Gasteiger partial charge in [0.15, 0.2) is 6.10 Å². The molecule has 1 amide bonds. The van der Waals surface area contributed by atoms with Gasteiger partial charge in [-0.05, 0) is 74.3 Å². The molecule has 5 heteroatoms. The third-order valence-corrected chi connectivity index (χ3v) is 7.30. The van der Waals surface area contributed by atoms with Crippen LogP contribution in [0.4, 0.5) is 0 Å². The van der Waals surface area contributed by atoms with Gasteiger partial charge < -0.3 is 14.5 Å². The molecule has 6 rings (SSSR count). The highest BCUT2D eigenvalue weighted by atomic mass is 16.5. The van der Waals surface area contributed by atoms with Crippen LogP contribution < -0.4 is 15.7 Å². The Kier molecular flexibility index (Phi) is 3.94. The number of carbonyl (C=O) groups excluding carboxylic acids is 1. The summed E-state index contributed by atoms with van der Waals surface area (Å²) in [5, 5.41) is 4.09. The zero-order chi connectivity index (χ0) is 20.4. The quantitative estimate of drug-likeness (QED) is 0.778. The topological polar surface area (TPSA) is 68.5 Å². The lowest BCUT2D eigenvalue weighted by Gasteiger charge is -2.65. The molecule has 1 aromatic heterocycles. The van der Waals surface area contributed by atoms with Crippen molar-refractivity contribution in [3.63, 3.8) is 0 Å². The summed E-state index contributed by atoms with van der Waals surface area (Å²) in [6, 6.07) is 8.54. The van der Waals surface area contributed by atoms with Crippen molar-refractivity contribution in [3.05, 3.63) is 40.8 Å². The van der Waals surface area contributed by atoms with Crippen LogP contribution >= 0.6 is 0 Å². The first-order valence-corrected chi connectivity index (χ1v) is 10.7. The average Bonchev–Trinajstić information content (AvgIpc) is 2.57. The predicted molar refractivity (Wildman–Crippen MR) is 111 cm³/mol. The molecule has 0 radical (unpaired) electrons. The summed E-state index contributed by atoms with van der Waals surface area (Å²) in [7, 11) is 0. The Hall–Kier alpha value is -2.30. The summed E-state index contributed by atoms with van der Waals surface area (Å²) < 4.78 is 11.2. The second-order valence-corrected chi connectivity index (χ2v) is 10.6. The van der Waals surface area contributed by atoms with Crippen LogP contribution in [0.1, 0.15) is 59.3 Å². The van der Waals surface area contributed by atoms with E-state index in [2.05, 4.69) is 19.2 Å². The molecule has 1 N–H and O–H groups in total. The molecule has 4 saturated carbocycles. The van der Waals surface area contributed by atoms with Crippen LogP contribution in [0.5, 0.6) is 5.75 Å². The number of carbonyl (C=O) groups is 1. The van der Waals surface area contributed by atoms with E-state index in [9.17, 15) is 9.59 Å². The van der Waals surface area contributed by atoms with Gasteiger partial charge in [0, 0.05) is 5.54 Å². The number of amides is 1. The smallest absolute Gasteiger partial charge is 0.339 e. The maximum Gasteiger partial charge on any atom is 0.339 e. The molecule has 0 spiro atoms. The van der Waals surface area contributed by atoms with Gasteiger partial charge >= 0.3 is 5.63 Å². The molecule has 1 aromatic carbocycles. The first-order chi connectivity index (χ1) is 13.7. The molecule has 5 atom stereocenters. The number of hydrogen-bond donors (Lipinski definition) is 1. The number of para-hydroxylation sites is 1. The largest absolute Gasteiger partial charge is 0.480 e. The van der Waals surface area contributed by atoms with Crippen molar-refractivity contribution in [3.8, 4) is 5.75 Å². The molecular formula is C24H29NO4. The minimum Gasteiger partial charge on any atom is -0.480 e. The first kappa shape index (κ1) is 18.7. The fourth-order valence-electron chi connectivity index (χ4n) is 7.37. The van der Waals surface area contributed by atoms with Gasteiger partial charge in [-0.25, -0.2) is 4.79 Å². The molecule has 4 fully saturated rings. The lowest BCUT2D eigenvalue weighted by Crippen LogP contribution is -2.66. The second-order valence-electron chi connectivity index (χ2n) is 10.6. The van der Waals surface area contributed by atoms with Gasteiger partial charge in [0.1, 0.15) is 11.3 Å². The van der Waals surface area contributed by atoms with Crippen LogP contribution in [0.15, 0.2) is 39.5 Å². The normalized spacial score (nSPS) is 36.2. The van der Waals surface area contributed by atoms with Crippen LogP contribution in [0.25, 0.3) is 11.0 Å². The number of rotatable bonds is 4. The summed E-state index contributed by atoms with van der Waals surface area (Å²) in [6.07, 6.45) is 6.36. The lowest BCUT2D eigenvalue weighted by molar-refractivity contribution is -0.144. The van der Waals surface area contributed by atoms with E-state index in [1.807, 2.05) is 12.1 Å².